The minimum absolute atomic E-state index is 0.0173. The van der Waals surface area contributed by atoms with Gasteiger partial charge in [-0.1, -0.05) is 100 Å². The van der Waals surface area contributed by atoms with Gasteiger partial charge in [-0.2, -0.15) is 0 Å². The van der Waals surface area contributed by atoms with E-state index in [1.807, 2.05) is 13.0 Å². The Hall–Kier alpha value is -6.26. The first-order valence-corrected chi connectivity index (χ1v) is 23.6. The quantitative estimate of drug-likeness (QED) is 0.154. The zero-order valence-electron chi connectivity index (χ0n) is 35.2. The Kier molecular flexibility index (Phi) is 11.4. The van der Waals surface area contributed by atoms with Crippen LogP contribution >= 0.6 is 45.8 Å². The normalized spacial score (nSPS) is 16.1. The molecule has 1 unspecified atom stereocenters. The number of thioether (sulfide) groups is 1. The smallest absolute Gasteiger partial charge is 0.203 e. The molecule has 1 N–H and O–H groups in total. The molecular weight excluding hydrogens is 837 g/mol. The van der Waals surface area contributed by atoms with Gasteiger partial charge in [-0.15, -0.1) is 34.0 Å². The molecule has 4 nitrogen and oxygen atoms in total. The Morgan fingerprint density at radius 3 is 1.73 bits per heavy atom. The number of aliphatic hydroxyl groups excluding tert-OH is 1. The van der Waals surface area contributed by atoms with Gasteiger partial charge >= 0.3 is 0 Å². The number of nitrogens with zero attached hydrogens (tertiary/aromatic N) is 2. The number of aliphatic hydroxyl groups is 1. The van der Waals surface area contributed by atoms with E-state index in [1.165, 1.54) is 33.6 Å². The van der Waals surface area contributed by atoms with Crippen LogP contribution in [0, 0.1) is 58.3 Å². The van der Waals surface area contributed by atoms with E-state index in [9.17, 15) is 9.90 Å². The first-order valence-electron chi connectivity index (χ1n) is 20.3. The van der Waals surface area contributed by atoms with Gasteiger partial charge < -0.3 is 14.9 Å². The molecule has 304 valence electrons. The summed E-state index contributed by atoms with van der Waals surface area (Å²) in [5, 5.41) is 12.9. The number of thiophene rings is 3. The summed E-state index contributed by atoms with van der Waals surface area (Å²) in [6, 6.07) is 42.9. The summed E-state index contributed by atoms with van der Waals surface area (Å²) in [6.07, 6.45) is 4.42. The third-order valence-electron chi connectivity index (χ3n) is 10.8. The van der Waals surface area contributed by atoms with E-state index in [0.717, 1.165) is 57.0 Å². The second kappa shape index (κ2) is 17.2. The lowest BCUT2D eigenvalue weighted by atomic mass is 9.85. The van der Waals surface area contributed by atoms with Crippen molar-refractivity contribution in [3.63, 3.8) is 0 Å². The Morgan fingerprint density at radius 2 is 1.18 bits per heavy atom. The van der Waals surface area contributed by atoms with Crippen LogP contribution in [0.5, 0.6) is 0 Å². The molecule has 0 amide bonds. The van der Waals surface area contributed by atoms with Crippen LogP contribution in [-0.2, 0) is 4.79 Å². The molecular formula is C54H42N2O2S4. The Bertz CT molecular complexity index is 3100. The number of allylic oxidation sites excluding steroid dienone is 2. The zero-order valence-corrected chi connectivity index (χ0v) is 38.4. The van der Waals surface area contributed by atoms with Crippen molar-refractivity contribution in [3.05, 3.63) is 187 Å². The summed E-state index contributed by atoms with van der Waals surface area (Å²) in [6.45, 7) is 12.2. The molecule has 0 spiro atoms. The number of hydrogen-bond donors (Lipinski definition) is 1. The highest BCUT2D eigenvalue weighted by Crippen LogP contribution is 2.48. The summed E-state index contributed by atoms with van der Waals surface area (Å²) < 4.78 is 1.86. The first-order chi connectivity index (χ1) is 30.1. The van der Waals surface area contributed by atoms with Crippen molar-refractivity contribution in [2.45, 2.75) is 46.9 Å². The monoisotopic (exact) mass is 878 g/mol. The van der Waals surface area contributed by atoms with Crippen LogP contribution < -0.4 is 18.9 Å². The van der Waals surface area contributed by atoms with Gasteiger partial charge in [-0.3, -0.25) is 4.79 Å². The van der Waals surface area contributed by atoms with Gasteiger partial charge in [0.2, 0.25) is 5.78 Å². The molecule has 62 heavy (non-hydrogen) atoms. The predicted octanol–water partition coefficient (Wildman–Crippen LogP) is 13.2. The van der Waals surface area contributed by atoms with Gasteiger partial charge in [0.25, 0.3) is 0 Å². The summed E-state index contributed by atoms with van der Waals surface area (Å²) in [5.41, 5.74) is 11.5. The van der Waals surface area contributed by atoms with Crippen LogP contribution in [0.3, 0.4) is 0 Å². The maximum absolute atomic E-state index is 14.3. The van der Waals surface area contributed by atoms with E-state index < -0.39 is 0 Å². The third-order valence-corrected chi connectivity index (χ3v) is 15.9. The van der Waals surface area contributed by atoms with E-state index in [0.29, 0.717) is 21.6 Å². The number of benzene rings is 4. The van der Waals surface area contributed by atoms with Crippen LogP contribution in [0.1, 0.15) is 45.2 Å². The van der Waals surface area contributed by atoms with Gasteiger partial charge in [0.15, 0.2) is 0 Å². The van der Waals surface area contributed by atoms with E-state index in [4.69, 9.17) is 0 Å². The molecule has 3 aromatic heterocycles. The summed E-state index contributed by atoms with van der Waals surface area (Å²) in [5.74, 6) is 11.7. The SMILES string of the molecule is CC#CC#Cc1cc(-c2ccc(N(c3ccc(C)cc3)c3ccc(C)cc3)s2)sc1C1=C(O)C(=c2s/c(=C3\C=CC(N(c4ccc(C)cc4)c4ccc(C)cc4)S3)cc2C)C1=O. The van der Waals surface area contributed by atoms with Crippen molar-refractivity contribution in [2.75, 3.05) is 9.80 Å². The van der Waals surface area contributed by atoms with E-state index in [2.05, 4.69) is 189 Å². The molecule has 0 saturated heterocycles. The third kappa shape index (κ3) is 7.99. The molecule has 1 aliphatic carbocycles. The predicted molar refractivity (Wildman–Crippen MR) is 267 cm³/mol. The summed E-state index contributed by atoms with van der Waals surface area (Å²) in [7, 11) is 0. The van der Waals surface area contributed by atoms with Gasteiger partial charge in [0.05, 0.1) is 16.0 Å². The maximum atomic E-state index is 14.3. The van der Waals surface area contributed by atoms with Gasteiger partial charge in [0, 0.05) is 52.0 Å². The highest BCUT2D eigenvalue weighted by molar-refractivity contribution is 8.09. The topological polar surface area (TPSA) is 43.8 Å². The molecule has 0 radical (unpaired) electrons. The second-order valence-electron chi connectivity index (χ2n) is 15.4. The highest BCUT2D eigenvalue weighted by atomic mass is 32.2. The number of aryl methyl sites for hydroxylation is 5. The minimum Gasteiger partial charge on any atom is -0.506 e. The number of carbonyl (C=O) groups is 1. The van der Waals surface area contributed by atoms with Crippen LogP contribution in [0.2, 0.25) is 0 Å². The van der Waals surface area contributed by atoms with Crippen molar-refractivity contribution in [2.24, 2.45) is 0 Å². The molecule has 8 heteroatoms. The van der Waals surface area contributed by atoms with Crippen LogP contribution in [0.15, 0.2) is 139 Å². The molecule has 0 saturated carbocycles. The molecule has 7 aromatic rings. The zero-order chi connectivity index (χ0) is 43.1. The Labute approximate surface area is 379 Å². The highest BCUT2D eigenvalue weighted by Gasteiger charge is 2.38. The number of anilines is 5. The summed E-state index contributed by atoms with van der Waals surface area (Å²) in [4.78, 5) is 22.7. The molecule has 1 aliphatic heterocycles. The van der Waals surface area contributed by atoms with Crippen LogP contribution in [0.4, 0.5) is 27.8 Å². The Balaban J connectivity index is 1.06. The van der Waals surface area contributed by atoms with Crippen LogP contribution in [0.25, 0.3) is 25.8 Å². The van der Waals surface area contributed by atoms with E-state index >= 15 is 0 Å². The molecule has 2 aliphatic rings. The largest absolute Gasteiger partial charge is 0.506 e. The minimum atomic E-state index is -0.170. The number of ketones is 1. The van der Waals surface area contributed by atoms with Crippen LogP contribution in [-0.4, -0.2) is 16.3 Å². The van der Waals surface area contributed by atoms with Crippen molar-refractivity contribution in [3.8, 4) is 33.4 Å². The lowest BCUT2D eigenvalue weighted by molar-refractivity contribution is -0.109. The number of Topliss-reactive ketones (excluding diaryl/α,β-unsaturated/α-hetero) is 1. The van der Waals surface area contributed by atoms with Gasteiger partial charge in [-0.05, 0) is 138 Å². The number of carbonyl (C=O) groups excluding carboxylic acids is 1. The molecule has 4 heterocycles. The Morgan fingerprint density at radius 1 is 0.613 bits per heavy atom. The van der Waals surface area contributed by atoms with Crippen molar-refractivity contribution in [1.82, 2.24) is 0 Å². The maximum Gasteiger partial charge on any atom is 0.203 e. The molecule has 0 fully saturated rings. The van der Waals surface area contributed by atoms with E-state index in [1.54, 1.807) is 41.4 Å². The lowest BCUT2D eigenvalue weighted by Gasteiger charge is -2.30. The van der Waals surface area contributed by atoms with Crippen molar-refractivity contribution >= 4 is 95.4 Å². The van der Waals surface area contributed by atoms with Crippen molar-refractivity contribution in [1.29, 1.82) is 0 Å². The number of hydrogen-bond acceptors (Lipinski definition) is 8. The molecule has 0 bridgehead atoms. The average molecular weight is 879 g/mol. The molecule has 4 aromatic carbocycles. The van der Waals surface area contributed by atoms with Gasteiger partial charge in [-0.25, -0.2) is 0 Å². The second-order valence-corrected chi connectivity index (χ2v) is 19.8. The fourth-order valence-corrected chi connectivity index (χ4v) is 12.3. The summed E-state index contributed by atoms with van der Waals surface area (Å²) >= 11 is 6.50. The average Bonchev–Trinajstić information content (AvgIpc) is 4.10. The number of rotatable bonds is 8. The van der Waals surface area contributed by atoms with Gasteiger partial charge in [0.1, 0.15) is 16.1 Å². The molecule has 9 rings (SSSR count). The molecule has 1 atom stereocenters. The fourth-order valence-electron chi connectivity index (χ4n) is 7.51. The fraction of sp³-hybridized carbons (Fsp3) is 0.130. The standard InChI is InChI=1S/C54H42N2O2S4/c1-7-8-9-10-38-32-46(44-28-30-48(60-44)56(41-23-15-35(4)16-24-41)42-25-17-36(5)18-26-42)62-54(38)50-51(57)49(52(50)58)53-37(6)31-45(61-53)43-27-29-47(59-43)55(39-19-11-33(2)12-20-39)40-21-13-34(3)14-22-40/h11-32,47,57H,1-6H3/b45-43+,53-49?. The lowest BCUT2D eigenvalue weighted by Crippen LogP contribution is -2.26. The first kappa shape index (κ1) is 41.1. The van der Waals surface area contributed by atoms with Crippen molar-refractivity contribution < 1.29 is 9.90 Å². The van der Waals surface area contributed by atoms with E-state index in [-0.39, 0.29) is 16.9 Å².